The molecule has 0 saturated carbocycles. The Labute approximate surface area is 174 Å². The predicted molar refractivity (Wildman–Crippen MR) is 121 cm³/mol. The van der Waals surface area contributed by atoms with Crippen molar-refractivity contribution in [2.24, 2.45) is 11.8 Å². The zero-order valence-corrected chi connectivity index (χ0v) is 17.0. The third-order valence-electron chi connectivity index (χ3n) is 5.00. The van der Waals surface area contributed by atoms with E-state index >= 15 is 0 Å². The van der Waals surface area contributed by atoms with Gasteiger partial charge in [-0.15, -0.1) is 0 Å². The minimum Gasteiger partial charge on any atom is -0.379 e. The lowest BCUT2D eigenvalue weighted by Crippen LogP contribution is -2.37. The molecule has 1 amide bonds. The highest BCUT2D eigenvalue weighted by Crippen LogP contribution is 2.22. The topological polar surface area (TPSA) is 32.8 Å². The summed E-state index contributed by atoms with van der Waals surface area (Å²) in [6.07, 6.45) is 2.40. The second kappa shape index (κ2) is 13.7. The standard InChI is InChI=1S/C13H17NO.C9H19NO.2CH4/c1-10(2)7-8-14-9-11-5-3-4-6-12(11)13(14)15;1-9(2)3-4-10-5-7-11-8-6-10;;/h3-6,10H,7-9H2,1-2H3;9H,3-8H2,1-2H3;2*1H4. The molecule has 0 bridgehead atoms. The Kier molecular flexibility index (Phi) is 13.0. The maximum Gasteiger partial charge on any atom is 0.254 e. The number of nitrogens with zero attached hydrogens (tertiary/aromatic N) is 2. The lowest BCUT2D eigenvalue weighted by atomic mass is 10.1. The number of carbonyl (C=O) groups is 1. The molecule has 2 heterocycles. The number of benzene rings is 1. The minimum absolute atomic E-state index is 0. The molecule has 4 heteroatoms. The van der Waals surface area contributed by atoms with Gasteiger partial charge in [0, 0.05) is 31.7 Å². The third kappa shape index (κ3) is 8.74. The maximum atomic E-state index is 11.9. The summed E-state index contributed by atoms with van der Waals surface area (Å²) in [7, 11) is 0. The molecule has 2 aliphatic rings. The number of rotatable bonds is 6. The van der Waals surface area contributed by atoms with Gasteiger partial charge in [0.1, 0.15) is 0 Å². The van der Waals surface area contributed by atoms with Crippen molar-refractivity contribution in [1.82, 2.24) is 9.80 Å². The van der Waals surface area contributed by atoms with E-state index in [2.05, 4.69) is 32.6 Å². The molecule has 0 spiro atoms. The molecular formula is C24H44N2O2. The van der Waals surface area contributed by atoms with Crippen LogP contribution in [-0.2, 0) is 11.3 Å². The highest BCUT2D eigenvalue weighted by Gasteiger charge is 2.26. The summed E-state index contributed by atoms with van der Waals surface area (Å²) in [6, 6.07) is 7.90. The Balaban J connectivity index is 0.000000507. The van der Waals surface area contributed by atoms with Crippen LogP contribution >= 0.6 is 0 Å². The lowest BCUT2D eigenvalue weighted by Gasteiger charge is -2.26. The van der Waals surface area contributed by atoms with Gasteiger partial charge >= 0.3 is 0 Å². The number of ether oxygens (including phenoxy) is 1. The first-order valence-corrected chi connectivity index (χ1v) is 10.1. The fourth-order valence-electron chi connectivity index (χ4n) is 3.17. The van der Waals surface area contributed by atoms with E-state index in [1.165, 1.54) is 18.5 Å². The molecule has 3 rings (SSSR count). The Bertz CT molecular complexity index is 551. The van der Waals surface area contributed by atoms with Crippen LogP contribution in [0.15, 0.2) is 24.3 Å². The van der Waals surface area contributed by atoms with Gasteiger partial charge in [-0.25, -0.2) is 0 Å². The molecule has 2 aliphatic heterocycles. The zero-order chi connectivity index (χ0) is 18.9. The van der Waals surface area contributed by atoms with Crippen molar-refractivity contribution in [3.63, 3.8) is 0 Å². The van der Waals surface area contributed by atoms with Crippen LogP contribution < -0.4 is 0 Å². The van der Waals surface area contributed by atoms with Gasteiger partial charge in [0.2, 0.25) is 0 Å². The van der Waals surface area contributed by atoms with Gasteiger partial charge in [-0.3, -0.25) is 9.69 Å². The molecule has 1 aromatic carbocycles. The van der Waals surface area contributed by atoms with Crippen LogP contribution in [0, 0.1) is 11.8 Å². The summed E-state index contributed by atoms with van der Waals surface area (Å²) in [4.78, 5) is 16.4. The Morgan fingerprint density at radius 2 is 1.50 bits per heavy atom. The largest absolute Gasteiger partial charge is 0.379 e. The summed E-state index contributed by atoms with van der Waals surface area (Å²) in [5.41, 5.74) is 2.06. The molecule has 0 unspecified atom stereocenters. The first kappa shape index (κ1) is 26.6. The molecule has 0 radical (unpaired) electrons. The van der Waals surface area contributed by atoms with Gasteiger partial charge < -0.3 is 9.64 Å². The van der Waals surface area contributed by atoms with Crippen LogP contribution in [0.25, 0.3) is 0 Å². The van der Waals surface area contributed by atoms with E-state index in [0.29, 0.717) is 5.92 Å². The number of amides is 1. The third-order valence-corrected chi connectivity index (χ3v) is 5.00. The minimum atomic E-state index is 0. The Morgan fingerprint density at radius 1 is 0.929 bits per heavy atom. The van der Waals surface area contributed by atoms with Crippen LogP contribution in [0.4, 0.5) is 0 Å². The van der Waals surface area contributed by atoms with Crippen LogP contribution in [-0.4, -0.2) is 55.1 Å². The highest BCUT2D eigenvalue weighted by atomic mass is 16.5. The van der Waals surface area contributed by atoms with E-state index in [4.69, 9.17) is 4.74 Å². The van der Waals surface area contributed by atoms with Crippen molar-refractivity contribution in [3.05, 3.63) is 35.4 Å². The van der Waals surface area contributed by atoms with E-state index in [1.807, 2.05) is 29.2 Å². The van der Waals surface area contributed by atoms with Gasteiger partial charge in [0.15, 0.2) is 0 Å². The van der Waals surface area contributed by atoms with Crippen LogP contribution in [0.3, 0.4) is 0 Å². The summed E-state index contributed by atoms with van der Waals surface area (Å²) < 4.78 is 5.26. The zero-order valence-electron chi connectivity index (χ0n) is 17.0. The lowest BCUT2D eigenvalue weighted by molar-refractivity contribution is 0.0360. The Hall–Kier alpha value is -1.39. The van der Waals surface area contributed by atoms with Crippen molar-refractivity contribution < 1.29 is 9.53 Å². The number of hydrogen-bond acceptors (Lipinski definition) is 3. The normalized spacial score (nSPS) is 16.2. The van der Waals surface area contributed by atoms with Crippen molar-refractivity contribution >= 4 is 5.91 Å². The van der Waals surface area contributed by atoms with Gasteiger partial charge in [-0.1, -0.05) is 60.7 Å². The number of hydrogen-bond donors (Lipinski definition) is 0. The monoisotopic (exact) mass is 392 g/mol. The quantitative estimate of drug-likeness (QED) is 0.656. The van der Waals surface area contributed by atoms with E-state index in [1.54, 1.807) is 0 Å². The molecule has 0 atom stereocenters. The summed E-state index contributed by atoms with van der Waals surface area (Å²) >= 11 is 0. The van der Waals surface area contributed by atoms with Crippen LogP contribution in [0.5, 0.6) is 0 Å². The second-order valence-corrected chi connectivity index (χ2v) is 8.20. The highest BCUT2D eigenvalue weighted by molar-refractivity contribution is 5.98. The molecule has 0 aliphatic carbocycles. The van der Waals surface area contributed by atoms with Gasteiger partial charge in [0.25, 0.3) is 5.91 Å². The first-order valence-electron chi connectivity index (χ1n) is 10.1. The average Bonchev–Trinajstić information content (AvgIpc) is 2.96. The number of fused-ring (bicyclic) bond motifs is 1. The molecule has 0 aromatic heterocycles. The van der Waals surface area contributed by atoms with Crippen molar-refractivity contribution in [2.45, 2.75) is 61.9 Å². The molecule has 162 valence electrons. The van der Waals surface area contributed by atoms with Gasteiger partial charge in [0.05, 0.1) is 13.2 Å². The first-order chi connectivity index (χ1) is 12.5. The van der Waals surface area contributed by atoms with Gasteiger partial charge in [-0.2, -0.15) is 0 Å². The average molecular weight is 393 g/mol. The van der Waals surface area contributed by atoms with Crippen molar-refractivity contribution in [1.29, 1.82) is 0 Å². The maximum absolute atomic E-state index is 11.9. The second-order valence-electron chi connectivity index (χ2n) is 8.20. The molecule has 1 saturated heterocycles. The summed E-state index contributed by atoms with van der Waals surface area (Å²) in [5.74, 6) is 1.69. The predicted octanol–water partition coefficient (Wildman–Crippen LogP) is 5.33. The van der Waals surface area contributed by atoms with E-state index in [9.17, 15) is 4.79 Å². The molecule has 1 aromatic rings. The van der Waals surface area contributed by atoms with Gasteiger partial charge in [-0.05, 0) is 42.9 Å². The summed E-state index contributed by atoms with van der Waals surface area (Å²) in [5, 5.41) is 0. The van der Waals surface area contributed by atoms with E-state index in [0.717, 1.165) is 57.3 Å². The van der Waals surface area contributed by atoms with Crippen LogP contribution in [0.2, 0.25) is 0 Å². The molecule has 1 fully saturated rings. The molecule has 4 nitrogen and oxygen atoms in total. The molecular weight excluding hydrogens is 348 g/mol. The number of carbonyl (C=O) groups excluding carboxylic acids is 1. The SMILES string of the molecule is C.C.CC(C)CCN1CCOCC1.CC(C)CCN1Cc2ccccc2C1=O. The van der Waals surface area contributed by atoms with Crippen molar-refractivity contribution in [3.8, 4) is 0 Å². The van der Waals surface area contributed by atoms with Crippen molar-refractivity contribution in [2.75, 3.05) is 39.4 Å². The number of morpholine rings is 1. The fraction of sp³-hybridized carbons (Fsp3) is 0.708. The Morgan fingerprint density at radius 3 is 2.07 bits per heavy atom. The van der Waals surface area contributed by atoms with Crippen LogP contribution in [0.1, 0.15) is 71.3 Å². The molecule has 28 heavy (non-hydrogen) atoms. The fourth-order valence-corrected chi connectivity index (χ4v) is 3.17. The summed E-state index contributed by atoms with van der Waals surface area (Å²) in [6.45, 7) is 16.0. The molecule has 0 N–H and O–H groups in total. The van der Waals surface area contributed by atoms with E-state index < -0.39 is 0 Å². The van der Waals surface area contributed by atoms with E-state index in [-0.39, 0.29) is 20.8 Å². The smallest absolute Gasteiger partial charge is 0.254 e.